The van der Waals surface area contributed by atoms with Gasteiger partial charge in [-0.25, -0.2) is 13.1 Å². The van der Waals surface area contributed by atoms with Crippen molar-refractivity contribution in [2.24, 2.45) is 5.73 Å². The van der Waals surface area contributed by atoms with Gasteiger partial charge in [0, 0.05) is 19.5 Å². The fraction of sp³-hybridized carbons (Fsp3) is 0.273. The normalized spacial score (nSPS) is 12.9. The van der Waals surface area contributed by atoms with Crippen molar-refractivity contribution in [3.05, 3.63) is 137 Å². The molecule has 0 aliphatic rings. The third kappa shape index (κ3) is 9.22. The Morgan fingerprint density at radius 3 is 1.67 bits per heavy atom. The first-order valence-corrected chi connectivity index (χ1v) is 14.4. The first-order valence-electron chi connectivity index (χ1n) is 12.9. The number of rotatable bonds is 6. The largest absolute Gasteiger partial charge is 0.322 e. The van der Waals surface area contributed by atoms with Crippen molar-refractivity contribution in [1.29, 1.82) is 0 Å². The smallest absolute Gasteiger partial charge is 0.241 e. The molecule has 6 heteroatoms. The molecule has 39 heavy (non-hydrogen) atoms. The quantitative estimate of drug-likeness (QED) is 0.220. The number of hydrogen-bond acceptors (Lipinski definition) is 3. The summed E-state index contributed by atoms with van der Waals surface area (Å²) in [4.78, 5) is 0.228. The number of nitrogens with one attached hydrogen (secondary N) is 1. The minimum Gasteiger partial charge on any atom is -0.322 e. The van der Waals surface area contributed by atoms with E-state index in [-0.39, 0.29) is 29.8 Å². The molecule has 4 rings (SSSR count). The Hall–Kier alpha value is -2.63. The summed E-state index contributed by atoms with van der Waals surface area (Å²) in [5.41, 5.74) is 13.3. The molecule has 0 saturated carbocycles. The van der Waals surface area contributed by atoms with Crippen LogP contribution < -0.4 is 10.5 Å². The summed E-state index contributed by atoms with van der Waals surface area (Å²) < 4.78 is 29.1. The molecule has 0 radical (unpaired) electrons. The maximum Gasteiger partial charge on any atom is 0.241 e. The first kappa shape index (κ1) is 32.6. The number of benzene rings is 4. The number of nitrogens with two attached hydrogens (primary N) is 1. The molecule has 4 aromatic carbocycles. The minimum absolute atomic E-state index is 0. The first-order chi connectivity index (χ1) is 17.9. The molecular formula is C33H40N2O2RuS. The standard InChI is InChI=1S/C24H28N2O2S.C9H12.Ru/c1-24(2,3)20-14-16-21(17-15-20)29(27,28)26-23(19-12-8-5-9-13-19)22(25)18-10-6-4-7-11-18;1-7-4-5-8(2)9(3)6-7;/h4-17,22-23,26H,25H2,1-3H3;4-6H,1-3H3;/t22-,23-;;/m0../s1. The van der Waals surface area contributed by atoms with E-state index >= 15 is 0 Å². The van der Waals surface area contributed by atoms with Crippen LogP contribution in [0.5, 0.6) is 0 Å². The van der Waals surface area contributed by atoms with Gasteiger partial charge < -0.3 is 5.73 Å². The predicted molar refractivity (Wildman–Crippen MR) is 159 cm³/mol. The molecule has 0 unspecified atom stereocenters. The Labute approximate surface area is 247 Å². The molecule has 0 amide bonds. The summed E-state index contributed by atoms with van der Waals surface area (Å²) >= 11 is 0. The van der Waals surface area contributed by atoms with E-state index < -0.39 is 22.1 Å². The zero-order valence-corrected chi connectivity index (χ0v) is 26.2. The minimum atomic E-state index is -3.75. The van der Waals surface area contributed by atoms with Crippen LogP contribution in [-0.4, -0.2) is 8.42 Å². The number of hydrogen-bond donors (Lipinski definition) is 2. The second-order valence-corrected chi connectivity index (χ2v) is 12.5. The zero-order valence-electron chi connectivity index (χ0n) is 23.6. The van der Waals surface area contributed by atoms with Crippen molar-refractivity contribution in [1.82, 2.24) is 4.72 Å². The third-order valence-electron chi connectivity index (χ3n) is 6.68. The van der Waals surface area contributed by atoms with Crippen molar-refractivity contribution < 1.29 is 27.9 Å². The van der Waals surface area contributed by atoms with Crippen LogP contribution in [0.1, 0.15) is 66.2 Å². The van der Waals surface area contributed by atoms with Crippen molar-refractivity contribution in [3.8, 4) is 0 Å². The fourth-order valence-electron chi connectivity index (χ4n) is 4.14. The van der Waals surface area contributed by atoms with Gasteiger partial charge in [0.15, 0.2) is 0 Å². The van der Waals surface area contributed by atoms with Crippen LogP contribution in [0.15, 0.2) is 108 Å². The molecule has 0 heterocycles. The Bertz CT molecular complexity index is 1420. The molecule has 4 aromatic rings. The molecule has 0 bridgehead atoms. The summed E-state index contributed by atoms with van der Waals surface area (Å²) in [5.74, 6) is 0. The summed E-state index contributed by atoms with van der Waals surface area (Å²) in [7, 11) is -3.75. The Kier molecular flexibility index (Phi) is 11.8. The Balaban J connectivity index is 0.000000453. The van der Waals surface area contributed by atoms with Crippen molar-refractivity contribution in [2.75, 3.05) is 0 Å². The van der Waals surface area contributed by atoms with Crippen LogP contribution in [0, 0.1) is 20.8 Å². The van der Waals surface area contributed by atoms with Crippen LogP contribution in [0.3, 0.4) is 0 Å². The molecule has 0 aliphatic heterocycles. The summed E-state index contributed by atoms with van der Waals surface area (Å²) in [6.45, 7) is 12.7. The zero-order chi connectivity index (χ0) is 27.9. The molecular weight excluding hydrogens is 590 g/mol. The predicted octanol–water partition coefficient (Wildman–Crippen LogP) is 7.31. The maximum absolute atomic E-state index is 13.1. The molecule has 4 nitrogen and oxygen atoms in total. The van der Waals surface area contributed by atoms with Crippen LogP contribution in [0.2, 0.25) is 0 Å². The average Bonchev–Trinajstić information content (AvgIpc) is 2.90. The van der Waals surface area contributed by atoms with Gasteiger partial charge >= 0.3 is 0 Å². The second-order valence-electron chi connectivity index (χ2n) is 10.8. The Morgan fingerprint density at radius 1 is 0.692 bits per heavy atom. The van der Waals surface area contributed by atoms with E-state index in [1.807, 2.05) is 72.8 Å². The van der Waals surface area contributed by atoms with E-state index in [4.69, 9.17) is 5.73 Å². The van der Waals surface area contributed by atoms with E-state index in [0.29, 0.717) is 0 Å². The van der Waals surface area contributed by atoms with E-state index in [1.54, 1.807) is 12.1 Å². The van der Waals surface area contributed by atoms with Gasteiger partial charge in [0.25, 0.3) is 0 Å². The molecule has 0 saturated heterocycles. The van der Waals surface area contributed by atoms with Crippen LogP contribution in [0.4, 0.5) is 0 Å². The van der Waals surface area contributed by atoms with Crippen LogP contribution in [0.25, 0.3) is 0 Å². The van der Waals surface area contributed by atoms with Gasteiger partial charge in [-0.15, -0.1) is 0 Å². The fourth-order valence-corrected chi connectivity index (χ4v) is 5.38. The van der Waals surface area contributed by atoms with Gasteiger partial charge in [0.2, 0.25) is 10.0 Å². The number of sulfonamides is 1. The van der Waals surface area contributed by atoms with Gasteiger partial charge in [0.05, 0.1) is 17.0 Å². The second kappa shape index (κ2) is 14.1. The topological polar surface area (TPSA) is 72.2 Å². The SMILES string of the molecule is CC(C)(C)c1ccc(S(=O)(=O)N[C@@H](c2ccccc2)[C@@H](N)c2ccccc2)cc1.Cc1ccc(C)c(C)c1.[Ru]. The monoisotopic (exact) mass is 630 g/mol. The van der Waals surface area contributed by atoms with Gasteiger partial charge in [-0.05, 0) is 66.1 Å². The number of aryl methyl sites for hydroxylation is 3. The molecule has 2 atom stereocenters. The van der Waals surface area contributed by atoms with E-state index in [2.05, 4.69) is 64.5 Å². The van der Waals surface area contributed by atoms with Gasteiger partial charge in [0.1, 0.15) is 0 Å². The van der Waals surface area contributed by atoms with Crippen molar-refractivity contribution in [3.63, 3.8) is 0 Å². The summed E-state index contributed by atoms with van der Waals surface area (Å²) in [5, 5.41) is 0. The Morgan fingerprint density at radius 2 is 1.21 bits per heavy atom. The third-order valence-corrected chi connectivity index (χ3v) is 8.13. The van der Waals surface area contributed by atoms with E-state index in [9.17, 15) is 8.42 Å². The van der Waals surface area contributed by atoms with E-state index in [1.165, 1.54) is 16.7 Å². The summed E-state index contributed by atoms with van der Waals surface area (Å²) in [6, 6.07) is 31.4. The average molecular weight is 630 g/mol. The summed E-state index contributed by atoms with van der Waals surface area (Å²) in [6.07, 6.45) is 0. The van der Waals surface area contributed by atoms with Crippen molar-refractivity contribution >= 4 is 10.0 Å². The molecule has 3 N–H and O–H groups in total. The van der Waals surface area contributed by atoms with E-state index in [0.717, 1.165) is 16.7 Å². The van der Waals surface area contributed by atoms with Gasteiger partial charge in [-0.1, -0.05) is 117 Å². The van der Waals surface area contributed by atoms with Crippen LogP contribution >= 0.6 is 0 Å². The maximum atomic E-state index is 13.1. The molecule has 0 aromatic heterocycles. The van der Waals surface area contributed by atoms with Crippen molar-refractivity contribution in [2.45, 2.75) is 63.9 Å². The molecule has 0 aliphatic carbocycles. The molecule has 208 valence electrons. The molecule has 0 spiro atoms. The van der Waals surface area contributed by atoms with Crippen LogP contribution in [-0.2, 0) is 34.9 Å². The van der Waals surface area contributed by atoms with Gasteiger partial charge in [-0.2, -0.15) is 0 Å². The van der Waals surface area contributed by atoms with Gasteiger partial charge in [-0.3, -0.25) is 0 Å². The molecule has 0 fully saturated rings.